The fourth-order valence-electron chi connectivity index (χ4n) is 1.51. The lowest BCUT2D eigenvalue weighted by Crippen LogP contribution is -2.33. The second-order valence-corrected chi connectivity index (χ2v) is 5.85. The van der Waals surface area contributed by atoms with Crippen LogP contribution < -0.4 is 10.6 Å². The van der Waals surface area contributed by atoms with Crippen LogP contribution in [-0.4, -0.2) is 25.7 Å². The smallest absolute Gasteiger partial charge is 0.336 e. The Kier molecular flexibility index (Phi) is 6.74. The summed E-state index contributed by atoms with van der Waals surface area (Å²) in [7, 11) is 1.52. The number of carbonyl (C=O) groups is 2. The molecule has 0 radical (unpaired) electrons. The van der Waals surface area contributed by atoms with Gasteiger partial charge < -0.3 is 15.4 Å². The lowest BCUT2D eigenvalue weighted by atomic mass is 10.1. The van der Waals surface area contributed by atoms with Gasteiger partial charge in [0, 0.05) is 33.9 Å². The van der Waals surface area contributed by atoms with E-state index < -0.39 is 5.97 Å². The molecule has 2 N–H and O–H groups in total. The fraction of sp³-hybridized carbons (Fsp3) is 0.385. The predicted octanol–water partition coefficient (Wildman–Crippen LogP) is 2.82. The van der Waals surface area contributed by atoms with Crippen LogP contribution in [0.1, 0.15) is 18.7 Å². The Balaban J connectivity index is 2.97. The van der Waals surface area contributed by atoms with Gasteiger partial charge in [-0.25, -0.2) is 9.59 Å². The molecule has 0 aliphatic carbocycles. The van der Waals surface area contributed by atoms with Crippen molar-refractivity contribution in [2.24, 2.45) is 0 Å². The van der Waals surface area contributed by atoms with Crippen molar-refractivity contribution in [2.75, 3.05) is 13.7 Å². The second kappa shape index (κ2) is 8.06. The third kappa shape index (κ3) is 4.97. The standard InChI is InChI=1S/C13H17BrN2O3S/c1-4-19-12(17)11(8(2)16-13(18)15-3)6-10-5-9(14)7-20-10/h5,7H,4,6H2,1-3H3,(H2,15,16,18)/b11-8+. The Morgan fingerprint density at radius 2 is 2.15 bits per heavy atom. The second-order valence-electron chi connectivity index (χ2n) is 3.94. The summed E-state index contributed by atoms with van der Waals surface area (Å²) in [5.74, 6) is -0.411. The first-order valence-electron chi connectivity index (χ1n) is 6.06. The van der Waals surface area contributed by atoms with Gasteiger partial charge in [-0.3, -0.25) is 0 Å². The summed E-state index contributed by atoms with van der Waals surface area (Å²) < 4.78 is 6.01. The first-order valence-corrected chi connectivity index (χ1v) is 7.73. The van der Waals surface area contributed by atoms with E-state index in [0.29, 0.717) is 24.3 Å². The van der Waals surface area contributed by atoms with Gasteiger partial charge in [0.2, 0.25) is 0 Å². The van der Waals surface area contributed by atoms with Crippen LogP contribution in [0.3, 0.4) is 0 Å². The highest BCUT2D eigenvalue weighted by molar-refractivity contribution is 9.10. The number of ether oxygens (including phenoxy) is 1. The number of rotatable bonds is 5. The number of halogens is 1. The maximum absolute atomic E-state index is 12.0. The largest absolute Gasteiger partial charge is 0.463 e. The minimum atomic E-state index is -0.411. The zero-order valence-corrected chi connectivity index (χ0v) is 14.0. The number of hydrogen-bond donors (Lipinski definition) is 2. The average Bonchev–Trinajstić information content (AvgIpc) is 2.81. The summed E-state index contributed by atoms with van der Waals surface area (Å²) in [6.07, 6.45) is 0.422. The first kappa shape index (κ1) is 16.7. The molecule has 1 rings (SSSR count). The summed E-state index contributed by atoms with van der Waals surface area (Å²) in [5.41, 5.74) is 0.942. The molecule has 0 fully saturated rings. The number of nitrogens with one attached hydrogen (secondary N) is 2. The number of allylic oxidation sites excluding steroid dienone is 1. The molecule has 0 unspecified atom stereocenters. The minimum absolute atomic E-state index is 0.295. The van der Waals surface area contributed by atoms with Crippen LogP contribution in [0.4, 0.5) is 4.79 Å². The van der Waals surface area contributed by atoms with Crippen LogP contribution in [0.25, 0.3) is 0 Å². The zero-order chi connectivity index (χ0) is 15.1. The quantitative estimate of drug-likeness (QED) is 0.626. The van der Waals surface area contributed by atoms with Gasteiger partial charge in [-0.2, -0.15) is 0 Å². The number of esters is 1. The number of thiophene rings is 1. The molecule has 2 amide bonds. The maximum Gasteiger partial charge on any atom is 0.336 e. The van der Waals surface area contributed by atoms with Crippen molar-refractivity contribution in [1.29, 1.82) is 0 Å². The Morgan fingerprint density at radius 1 is 1.45 bits per heavy atom. The molecule has 5 nitrogen and oxygen atoms in total. The van der Waals surface area contributed by atoms with Crippen LogP contribution in [0.15, 0.2) is 27.2 Å². The Morgan fingerprint density at radius 3 is 2.65 bits per heavy atom. The summed E-state index contributed by atoms with van der Waals surface area (Å²) in [5, 5.41) is 7.01. The van der Waals surface area contributed by atoms with E-state index in [4.69, 9.17) is 4.74 Å². The SMILES string of the molecule is CCOC(=O)/C(Cc1cc(Br)cs1)=C(\C)NC(=O)NC. The molecule has 0 aliphatic rings. The predicted molar refractivity (Wildman–Crippen MR) is 82.6 cm³/mol. The van der Waals surface area contributed by atoms with Gasteiger partial charge in [0.25, 0.3) is 0 Å². The molecule has 0 saturated carbocycles. The van der Waals surface area contributed by atoms with E-state index in [9.17, 15) is 9.59 Å². The van der Waals surface area contributed by atoms with E-state index in [1.807, 2.05) is 11.4 Å². The van der Waals surface area contributed by atoms with Gasteiger partial charge in [-0.15, -0.1) is 11.3 Å². The Bertz CT molecular complexity index is 525. The monoisotopic (exact) mass is 360 g/mol. The van der Waals surface area contributed by atoms with Crippen LogP contribution >= 0.6 is 27.3 Å². The molecule has 0 atom stereocenters. The number of hydrogen-bond acceptors (Lipinski definition) is 4. The molecule has 0 bridgehead atoms. The maximum atomic E-state index is 12.0. The first-order chi connectivity index (χ1) is 9.47. The lowest BCUT2D eigenvalue weighted by molar-refractivity contribution is -0.138. The van der Waals surface area contributed by atoms with Crippen molar-refractivity contribution in [3.8, 4) is 0 Å². The van der Waals surface area contributed by atoms with Gasteiger partial charge in [0.15, 0.2) is 0 Å². The molecule has 1 aromatic rings. The van der Waals surface area contributed by atoms with Gasteiger partial charge in [0.05, 0.1) is 12.2 Å². The summed E-state index contributed by atoms with van der Waals surface area (Å²) in [6.45, 7) is 3.73. The normalized spacial score (nSPS) is 11.6. The molecular weight excluding hydrogens is 344 g/mol. The van der Waals surface area contributed by atoms with E-state index in [1.54, 1.807) is 13.8 Å². The van der Waals surface area contributed by atoms with Crippen molar-refractivity contribution >= 4 is 39.3 Å². The van der Waals surface area contributed by atoms with E-state index in [1.165, 1.54) is 18.4 Å². The third-order valence-electron chi connectivity index (χ3n) is 2.48. The van der Waals surface area contributed by atoms with Crippen molar-refractivity contribution in [3.05, 3.63) is 32.1 Å². The van der Waals surface area contributed by atoms with Crippen molar-refractivity contribution in [1.82, 2.24) is 10.6 Å². The molecule has 110 valence electrons. The van der Waals surface area contributed by atoms with E-state index in [0.717, 1.165) is 9.35 Å². The fourth-order valence-corrected chi connectivity index (χ4v) is 2.97. The highest BCUT2D eigenvalue weighted by atomic mass is 79.9. The minimum Gasteiger partial charge on any atom is -0.463 e. The Labute approximate surface area is 130 Å². The number of carbonyl (C=O) groups excluding carboxylic acids is 2. The van der Waals surface area contributed by atoms with Crippen molar-refractivity contribution in [2.45, 2.75) is 20.3 Å². The van der Waals surface area contributed by atoms with Gasteiger partial charge in [-0.1, -0.05) is 0 Å². The summed E-state index contributed by atoms with van der Waals surface area (Å²) in [6, 6.07) is 1.58. The van der Waals surface area contributed by atoms with Gasteiger partial charge in [0.1, 0.15) is 0 Å². The summed E-state index contributed by atoms with van der Waals surface area (Å²) >= 11 is 4.92. The van der Waals surface area contributed by atoms with Crippen LogP contribution in [0.2, 0.25) is 0 Å². The van der Waals surface area contributed by atoms with E-state index >= 15 is 0 Å². The highest BCUT2D eigenvalue weighted by Gasteiger charge is 2.17. The number of urea groups is 1. The molecule has 1 aromatic heterocycles. The van der Waals surface area contributed by atoms with Crippen molar-refractivity contribution < 1.29 is 14.3 Å². The lowest BCUT2D eigenvalue weighted by Gasteiger charge is -2.11. The highest BCUT2D eigenvalue weighted by Crippen LogP contribution is 2.23. The molecule has 0 saturated heterocycles. The van der Waals surface area contributed by atoms with E-state index in [-0.39, 0.29) is 6.03 Å². The Hall–Kier alpha value is -1.34. The van der Waals surface area contributed by atoms with Crippen LogP contribution in [-0.2, 0) is 16.0 Å². The topological polar surface area (TPSA) is 67.4 Å². The van der Waals surface area contributed by atoms with Gasteiger partial charge >= 0.3 is 12.0 Å². The molecule has 0 aromatic carbocycles. The van der Waals surface area contributed by atoms with Crippen molar-refractivity contribution in [3.63, 3.8) is 0 Å². The molecule has 20 heavy (non-hydrogen) atoms. The molecular formula is C13H17BrN2O3S. The van der Waals surface area contributed by atoms with Crippen LogP contribution in [0, 0.1) is 0 Å². The summed E-state index contributed by atoms with van der Waals surface area (Å²) in [4.78, 5) is 24.4. The average molecular weight is 361 g/mol. The number of amides is 2. The van der Waals surface area contributed by atoms with E-state index in [2.05, 4.69) is 26.6 Å². The third-order valence-corrected chi connectivity index (χ3v) is 4.17. The molecule has 0 aliphatic heterocycles. The van der Waals surface area contributed by atoms with Gasteiger partial charge in [-0.05, 0) is 35.8 Å². The zero-order valence-electron chi connectivity index (χ0n) is 11.6. The molecule has 1 heterocycles. The molecule has 0 spiro atoms. The molecule has 7 heteroatoms. The van der Waals surface area contributed by atoms with Crippen LogP contribution in [0.5, 0.6) is 0 Å².